The van der Waals surface area contributed by atoms with Crippen LogP contribution in [-0.2, 0) is 18.0 Å². The van der Waals surface area contributed by atoms with E-state index < -0.39 is 5.54 Å². The van der Waals surface area contributed by atoms with Gasteiger partial charge in [-0.25, -0.2) is 0 Å². The van der Waals surface area contributed by atoms with E-state index in [4.69, 9.17) is 5.73 Å². The van der Waals surface area contributed by atoms with Crippen LogP contribution < -0.4 is 5.73 Å². The van der Waals surface area contributed by atoms with E-state index >= 15 is 0 Å². The summed E-state index contributed by atoms with van der Waals surface area (Å²) in [4.78, 5) is 0. The van der Waals surface area contributed by atoms with Crippen molar-refractivity contribution in [2.24, 2.45) is 12.8 Å². The van der Waals surface area contributed by atoms with E-state index in [1.54, 1.807) is 11.6 Å². The number of hydrogen-bond acceptors (Lipinski definition) is 3. The van der Waals surface area contributed by atoms with E-state index in [9.17, 15) is 5.11 Å². The van der Waals surface area contributed by atoms with Gasteiger partial charge in [0.1, 0.15) is 0 Å². The van der Waals surface area contributed by atoms with Gasteiger partial charge in [0.15, 0.2) is 0 Å². The summed E-state index contributed by atoms with van der Waals surface area (Å²) in [6, 6.07) is 1.97. The third-order valence-electron chi connectivity index (χ3n) is 2.56. The molecule has 1 aromatic rings. The third kappa shape index (κ3) is 2.38. The third-order valence-corrected chi connectivity index (χ3v) is 2.56. The molecule has 0 fully saturated rings. The highest BCUT2D eigenvalue weighted by Crippen LogP contribution is 2.25. The molecule has 0 bridgehead atoms. The van der Waals surface area contributed by atoms with Crippen molar-refractivity contribution in [2.45, 2.75) is 38.6 Å². The molecule has 0 spiro atoms. The fourth-order valence-corrected chi connectivity index (χ4v) is 1.45. The molecule has 4 heteroatoms. The van der Waals surface area contributed by atoms with Crippen LogP contribution in [0.4, 0.5) is 0 Å². The fraction of sp³-hybridized carbons (Fsp3) is 0.727. The maximum Gasteiger partial charge on any atom is 0.0785 e. The molecule has 0 saturated carbocycles. The number of nitrogens with two attached hydrogens (primary N) is 1. The number of rotatable bonds is 2. The van der Waals surface area contributed by atoms with E-state index in [1.165, 1.54) is 0 Å². The van der Waals surface area contributed by atoms with Gasteiger partial charge in [-0.3, -0.25) is 4.68 Å². The summed E-state index contributed by atoms with van der Waals surface area (Å²) in [6.45, 7) is 8.02. The van der Waals surface area contributed by atoms with Crippen molar-refractivity contribution >= 4 is 0 Å². The minimum absolute atomic E-state index is 0.00153. The Morgan fingerprint density at radius 1 is 1.40 bits per heavy atom. The molecule has 0 aliphatic heterocycles. The van der Waals surface area contributed by atoms with Crippen molar-refractivity contribution < 1.29 is 5.11 Å². The predicted octanol–water partition coefficient (Wildman–Crippen LogP) is 0.884. The molecule has 0 aliphatic carbocycles. The first-order valence-corrected chi connectivity index (χ1v) is 5.13. The molecular formula is C11H21N3O. The Morgan fingerprint density at radius 3 is 2.27 bits per heavy atom. The maximum absolute atomic E-state index is 9.22. The van der Waals surface area contributed by atoms with Gasteiger partial charge in [-0.1, -0.05) is 20.8 Å². The molecule has 0 radical (unpaired) electrons. The van der Waals surface area contributed by atoms with E-state index in [-0.39, 0.29) is 12.0 Å². The summed E-state index contributed by atoms with van der Waals surface area (Å²) < 4.78 is 1.75. The Balaban J connectivity index is 3.18. The Morgan fingerprint density at radius 2 is 1.93 bits per heavy atom. The zero-order chi connectivity index (χ0) is 11.9. The van der Waals surface area contributed by atoms with E-state index in [0.29, 0.717) is 0 Å². The van der Waals surface area contributed by atoms with Crippen molar-refractivity contribution in [3.63, 3.8) is 0 Å². The second-order valence-corrected chi connectivity index (χ2v) is 5.36. The molecule has 1 rings (SSSR count). The van der Waals surface area contributed by atoms with Crippen LogP contribution in [0.25, 0.3) is 0 Å². The van der Waals surface area contributed by atoms with Gasteiger partial charge < -0.3 is 10.8 Å². The van der Waals surface area contributed by atoms with Gasteiger partial charge in [0.25, 0.3) is 0 Å². The average molecular weight is 211 g/mol. The summed E-state index contributed by atoms with van der Waals surface area (Å²) in [7, 11) is 1.85. The van der Waals surface area contributed by atoms with Gasteiger partial charge in [0.2, 0.25) is 0 Å². The lowest BCUT2D eigenvalue weighted by molar-refractivity contribution is 0.203. The van der Waals surface area contributed by atoms with Crippen LogP contribution in [-0.4, -0.2) is 21.5 Å². The molecule has 3 N–H and O–H groups in total. The van der Waals surface area contributed by atoms with Gasteiger partial charge in [0, 0.05) is 12.5 Å². The average Bonchev–Trinajstić information content (AvgIpc) is 2.47. The van der Waals surface area contributed by atoms with E-state index in [2.05, 4.69) is 25.9 Å². The molecule has 4 nitrogen and oxygen atoms in total. The number of nitrogens with zero attached hydrogens (tertiary/aromatic N) is 2. The number of aromatic nitrogens is 2. The molecule has 1 aromatic heterocycles. The Labute approximate surface area is 91.1 Å². The predicted molar refractivity (Wildman–Crippen MR) is 60.5 cm³/mol. The van der Waals surface area contributed by atoms with Gasteiger partial charge in [-0.2, -0.15) is 5.10 Å². The monoisotopic (exact) mass is 211 g/mol. The van der Waals surface area contributed by atoms with Crippen molar-refractivity contribution in [1.29, 1.82) is 0 Å². The minimum atomic E-state index is -0.731. The summed E-state index contributed by atoms with van der Waals surface area (Å²) in [5.74, 6) is 0. The van der Waals surface area contributed by atoms with Crippen molar-refractivity contribution in [1.82, 2.24) is 9.78 Å². The fourth-order valence-electron chi connectivity index (χ4n) is 1.45. The van der Waals surface area contributed by atoms with E-state index in [0.717, 1.165) is 11.4 Å². The highest BCUT2D eigenvalue weighted by atomic mass is 16.3. The quantitative estimate of drug-likeness (QED) is 0.763. The van der Waals surface area contributed by atoms with Crippen LogP contribution in [0.15, 0.2) is 6.07 Å². The second kappa shape index (κ2) is 3.61. The molecule has 0 amide bonds. The summed E-state index contributed by atoms with van der Waals surface area (Å²) in [5, 5.41) is 13.6. The zero-order valence-electron chi connectivity index (χ0n) is 10.2. The number of aliphatic hydroxyl groups excluding tert-OH is 1. The molecule has 1 unspecified atom stereocenters. The molecule has 0 saturated heterocycles. The Hall–Kier alpha value is -0.870. The largest absolute Gasteiger partial charge is 0.394 e. The highest BCUT2D eigenvalue weighted by Gasteiger charge is 2.27. The summed E-state index contributed by atoms with van der Waals surface area (Å²) >= 11 is 0. The lowest BCUT2D eigenvalue weighted by Gasteiger charge is -2.21. The van der Waals surface area contributed by atoms with Gasteiger partial charge in [-0.15, -0.1) is 0 Å². The molecule has 86 valence electrons. The molecule has 1 atom stereocenters. The first-order valence-electron chi connectivity index (χ1n) is 5.13. The first-order chi connectivity index (χ1) is 6.68. The summed E-state index contributed by atoms with van der Waals surface area (Å²) in [5.41, 5.74) is 7.10. The molecule has 1 heterocycles. The van der Waals surface area contributed by atoms with Gasteiger partial charge in [-0.05, 0) is 13.0 Å². The van der Waals surface area contributed by atoms with Gasteiger partial charge in [0.05, 0.1) is 23.5 Å². The second-order valence-electron chi connectivity index (χ2n) is 5.36. The lowest BCUT2D eigenvalue weighted by Crippen LogP contribution is -2.38. The molecule has 0 aromatic carbocycles. The normalized spacial score (nSPS) is 16.5. The van der Waals surface area contributed by atoms with Crippen LogP contribution in [0.1, 0.15) is 39.1 Å². The van der Waals surface area contributed by atoms with Crippen molar-refractivity contribution in [3.8, 4) is 0 Å². The van der Waals surface area contributed by atoms with Gasteiger partial charge >= 0.3 is 0 Å². The minimum Gasteiger partial charge on any atom is -0.394 e. The highest BCUT2D eigenvalue weighted by molar-refractivity contribution is 5.22. The topological polar surface area (TPSA) is 64.1 Å². The molecule has 0 aliphatic rings. The van der Waals surface area contributed by atoms with Crippen LogP contribution in [0.3, 0.4) is 0 Å². The maximum atomic E-state index is 9.22. The van der Waals surface area contributed by atoms with Crippen molar-refractivity contribution in [2.75, 3.05) is 6.61 Å². The number of aryl methyl sites for hydroxylation is 1. The first kappa shape index (κ1) is 12.2. The van der Waals surface area contributed by atoms with E-state index in [1.807, 2.05) is 13.1 Å². The Kier molecular flexibility index (Phi) is 2.94. The number of aliphatic hydroxyl groups is 1. The number of hydrogen-bond donors (Lipinski definition) is 2. The summed E-state index contributed by atoms with van der Waals surface area (Å²) in [6.07, 6.45) is 0. The smallest absolute Gasteiger partial charge is 0.0785 e. The zero-order valence-corrected chi connectivity index (χ0v) is 10.2. The van der Waals surface area contributed by atoms with Crippen LogP contribution >= 0.6 is 0 Å². The molecular weight excluding hydrogens is 190 g/mol. The SMILES string of the molecule is Cn1nc(C(C)(C)C)cc1C(C)(N)CO. The standard InChI is InChI=1S/C11H21N3O/c1-10(2,3)8-6-9(14(5)13-8)11(4,12)7-15/h6,15H,7,12H2,1-5H3. The molecule has 15 heavy (non-hydrogen) atoms. The van der Waals surface area contributed by atoms with Crippen LogP contribution in [0.2, 0.25) is 0 Å². The Bertz CT molecular complexity index is 347. The van der Waals surface area contributed by atoms with Crippen LogP contribution in [0.5, 0.6) is 0 Å². The van der Waals surface area contributed by atoms with Crippen molar-refractivity contribution in [3.05, 3.63) is 17.5 Å². The lowest BCUT2D eigenvalue weighted by atomic mass is 9.90. The van der Waals surface area contributed by atoms with Crippen LogP contribution in [0, 0.1) is 0 Å².